The summed E-state index contributed by atoms with van der Waals surface area (Å²) in [7, 11) is 0. The van der Waals surface area contributed by atoms with Crippen LogP contribution in [0.5, 0.6) is 0 Å². The van der Waals surface area contributed by atoms with E-state index in [1.807, 2.05) is 31.2 Å². The van der Waals surface area contributed by atoms with E-state index in [1.165, 1.54) is 31.2 Å². The average Bonchev–Trinajstić information content (AvgIpc) is 2.82. The van der Waals surface area contributed by atoms with Crippen molar-refractivity contribution >= 4 is 10.8 Å². The minimum atomic E-state index is -1.09. The number of fused-ring (bicyclic) bond motifs is 1. The van der Waals surface area contributed by atoms with Crippen molar-refractivity contribution < 1.29 is 13.2 Å². The normalized spacial score (nSPS) is 18.8. The fourth-order valence-electron chi connectivity index (χ4n) is 5.04. The van der Waals surface area contributed by atoms with Gasteiger partial charge in [-0.3, -0.25) is 0 Å². The van der Waals surface area contributed by atoms with E-state index in [2.05, 4.69) is 12.7 Å². The molecule has 4 rings (SSSR count). The van der Waals surface area contributed by atoms with Gasteiger partial charge in [0.2, 0.25) is 0 Å². The summed E-state index contributed by atoms with van der Waals surface area (Å²) < 4.78 is 44.4. The summed E-state index contributed by atoms with van der Waals surface area (Å²) in [6, 6.07) is 12.7. The molecular formula is C29H31F3. The highest BCUT2D eigenvalue weighted by atomic mass is 19.2. The van der Waals surface area contributed by atoms with Crippen LogP contribution in [-0.2, 0) is 12.8 Å². The van der Waals surface area contributed by atoms with Gasteiger partial charge in [0, 0.05) is 5.56 Å². The van der Waals surface area contributed by atoms with Crippen LogP contribution in [0, 0.1) is 29.3 Å². The Kier molecular flexibility index (Phi) is 7.03. The van der Waals surface area contributed by atoms with Crippen molar-refractivity contribution in [2.45, 2.75) is 58.3 Å². The molecule has 0 aromatic heterocycles. The summed E-state index contributed by atoms with van der Waals surface area (Å²) >= 11 is 0. The lowest BCUT2D eigenvalue weighted by molar-refractivity contribution is 0.296. The molecule has 3 aromatic rings. The lowest BCUT2D eigenvalue weighted by atomic mass is 9.79. The van der Waals surface area contributed by atoms with Crippen molar-refractivity contribution in [3.63, 3.8) is 0 Å². The van der Waals surface area contributed by atoms with Crippen LogP contribution in [0.25, 0.3) is 21.9 Å². The van der Waals surface area contributed by atoms with Crippen molar-refractivity contribution in [2.24, 2.45) is 11.8 Å². The van der Waals surface area contributed by atoms with Gasteiger partial charge < -0.3 is 0 Å². The van der Waals surface area contributed by atoms with Gasteiger partial charge in [-0.25, -0.2) is 13.2 Å². The molecular weight excluding hydrogens is 405 g/mol. The topological polar surface area (TPSA) is 0 Å². The molecule has 0 atom stereocenters. The molecule has 0 saturated heterocycles. The fourth-order valence-corrected chi connectivity index (χ4v) is 5.04. The van der Waals surface area contributed by atoms with Crippen LogP contribution in [0.15, 0.2) is 55.1 Å². The highest BCUT2D eigenvalue weighted by Gasteiger charge is 2.20. The Balaban J connectivity index is 1.52. The molecule has 0 heterocycles. The quantitative estimate of drug-likeness (QED) is 0.325. The number of benzene rings is 3. The molecule has 0 amide bonds. The summed E-state index contributed by atoms with van der Waals surface area (Å²) in [4.78, 5) is 0. The molecule has 3 heteroatoms. The summed E-state index contributed by atoms with van der Waals surface area (Å²) in [6.45, 7) is 5.82. The maximum Gasteiger partial charge on any atom is 0.169 e. The van der Waals surface area contributed by atoms with Gasteiger partial charge in [-0.1, -0.05) is 55.8 Å². The second-order valence-electron chi connectivity index (χ2n) is 9.19. The maximum absolute atomic E-state index is 15.3. The van der Waals surface area contributed by atoms with Crippen LogP contribution in [0.2, 0.25) is 0 Å². The first-order valence-electron chi connectivity index (χ1n) is 11.8. The van der Waals surface area contributed by atoms with E-state index in [0.717, 1.165) is 18.8 Å². The second-order valence-corrected chi connectivity index (χ2v) is 9.19. The highest BCUT2D eigenvalue weighted by molar-refractivity contribution is 5.89. The summed E-state index contributed by atoms with van der Waals surface area (Å²) in [5, 5.41) is 0.135. The molecule has 1 saturated carbocycles. The van der Waals surface area contributed by atoms with E-state index in [1.54, 1.807) is 18.2 Å². The third kappa shape index (κ3) is 4.62. The first kappa shape index (κ1) is 22.6. The Bertz CT molecular complexity index is 1090. The van der Waals surface area contributed by atoms with Crippen molar-refractivity contribution in [1.82, 2.24) is 0 Å². The van der Waals surface area contributed by atoms with Gasteiger partial charge in [0.1, 0.15) is 5.82 Å². The van der Waals surface area contributed by atoms with Gasteiger partial charge in [-0.05, 0) is 84.9 Å². The van der Waals surface area contributed by atoms with Crippen LogP contribution >= 0.6 is 0 Å². The lowest BCUT2D eigenvalue weighted by Crippen LogP contribution is -2.13. The number of hydrogen-bond donors (Lipinski definition) is 0. The minimum absolute atomic E-state index is 0.265. The number of halogens is 3. The van der Waals surface area contributed by atoms with Gasteiger partial charge in [0.05, 0.1) is 5.39 Å². The Morgan fingerprint density at radius 3 is 2.25 bits per heavy atom. The van der Waals surface area contributed by atoms with E-state index in [-0.39, 0.29) is 5.39 Å². The number of aryl methyl sites for hydroxylation is 2. The molecule has 0 N–H and O–H groups in total. The Labute approximate surface area is 189 Å². The standard InChI is InChI=1S/C29H31F3/c1-3-5-24-18-23-16-17-25(28(31)26(23)29(32)27(24)30)22-14-12-21(13-15-22)11-10-20-8-6-19(4-2)7-9-20/h4,12-20H,2-3,5-11H2,1H3. The zero-order valence-electron chi connectivity index (χ0n) is 18.8. The fraction of sp³-hybridized carbons (Fsp3) is 0.379. The van der Waals surface area contributed by atoms with Crippen molar-refractivity contribution in [3.8, 4) is 11.1 Å². The molecule has 0 radical (unpaired) electrons. The SMILES string of the molecule is C=CC1CCC(CCc2ccc(-c3ccc4cc(CCC)c(F)c(F)c4c3F)cc2)CC1. The van der Waals surface area contributed by atoms with E-state index in [4.69, 9.17) is 0 Å². The van der Waals surface area contributed by atoms with Crippen LogP contribution < -0.4 is 0 Å². The number of allylic oxidation sites excluding steroid dienone is 1. The molecule has 0 nitrogen and oxygen atoms in total. The van der Waals surface area contributed by atoms with Gasteiger partial charge in [-0.2, -0.15) is 0 Å². The lowest BCUT2D eigenvalue weighted by Gasteiger charge is -2.26. The molecule has 3 aromatic carbocycles. The monoisotopic (exact) mass is 436 g/mol. The molecule has 0 aliphatic heterocycles. The third-order valence-corrected chi connectivity index (χ3v) is 7.05. The maximum atomic E-state index is 15.3. The van der Waals surface area contributed by atoms with Crippen molar-refractivity contribution in [3.05, 3.63) is 83.7 Å². The molecule has 0 spiro atoms. The largest absolute Gasteiger partial charge is 0.206 e. The second kappa shape index (κ2) is 9.94. The predicted octanol–water partition coefficient (Wildman–Crippen LogP) is 8.80. The van der Waals surface area contributed by atoms with Crippen LogP contribution in [-0.4, -0.2) is 0 Å². The van der Waals surface area contributed by atoms with E-state index in [0.29, 0.717) is 40.8 Å². The van der Waals surface area contributed by atoms with Gasteiger partial charge in [0.25, 0.3) is 0 Å². The Morgan fingerprint density at radius 1 is 0.875 bits per heavy atom. The average molecular weight is 437 g/mol. The van der Waals surface area contributed by atoms with Gasteiger partial charge in [0.15, 0.2) is 11.6 Å². The molecule has 0 unspecified atom stereocenters. The first-order chi connectivity index (χ1) is 15.5. The van der Waals surface area contributed by atoms with Gasteiger partial charge >= 0.3 is 0 Å². The summed E-state index contributed by atoms with van der Waals surface area (Å²) in [5.41, 5.74) is 2.50. The zero-order chi connectivity index (χ0) is 22.7. The smallest absolute Gasteiger partial charge is 0.169 e. The Hall–Kier alpha value is -2.55. The van der Waals surface area contributed by atoms with E-state index < -0.39 is 17.5 Å². The van der Waals surface area contributed by atoms with Crippen LogP contribution in [0.3, 0.4) is 0 Å². The predicted molar refractivity (Wildman–Crippen MR) is 127 cm³/mol. The molecule has 0 bridgehead atoms. The molecule has 1 fully saturated rings. The number of rotatable bonds is 7. The molecule has 1 aliphatic rings. The molecule has 32 heavy (non-hydrogen) atoms. The minimum Gasteiger partial charge on any atom is -0.206 e. The van der Waals surface area contributed by atoms with Crippen LogP contribution in [0.4, 0.5) is 13.2 Å². The number of hydrogen-bond acceptors (Lipinski definition) is 0. The molecule has 1 aliphatic carbocycles. The summed E-state index contributed by atoms with van der Waals surface area (Å²) in [6.07, 6.45) is 10.4. The zero-order valence-corrected chi connectivity index (χ0v) is 18.8. The first-order valence-corrected chi connectivity index (χ1v) is 11.8. The van der Waals surface area contributed by atoms with Gasteiger partial charge in [-0.15, -0.1) is 6.58 Å². The Morgan fingerprint density at radius 2 is 1.59 bits per heavy atom. The third-order valence-electron chi connectivity index (χ3n) is 7.05. The molecule has 168 valence electrons. The highest BCUT2D eigenvalue weighted by Crippen LogP contribution is 2.34. The van der Waals surface area contributed by atoms with Crippen LogP contribution in [0.1, 0.15) is 56.6 Å². The summed E-state index contributed by atoms with van der Waals surface area (Å²) in [5.74, 6) is -1.28. The van der Waals surface area contributed by atoms with E-state index >= 15 is 4.39 Å². The van der Waals surface area contributed by atoms with E-state index in [9.17, 15) is 8.78 Å². The van der Waals surface area contributed by atoms with Crippen molar-refractivity contribution in [2.75, 3.05) is 0 Å². The van der Waals surface area contributed by atoms with Crippen molar-refractivity contribution in [1.29, 1.82) is 0 Å².